The van der Waals surface area contributed by atoms with Crippen LogP contribution >= 0.6 is 11.6 Å². The molecule has 7 nitrogen and oxygen atoms in total. The van der Waals surface area contributed by atoms with Gasteiger partial charge in [0.15, 0.2) is 18.1 Å². The van der Waals surface area contributed by atoms with Gasteiger partial charge in [-0.05, 0) is 31.5 Å². The van der Waals surface area contributed by atoms with Crippen LogP contribution in [0, 0.1) is 0 Å². The molecule has 0 aromatic heterocycles. The highest BCUT2D eigenvalue weighted by Crippen LogP contribution is 2.37. The molecule has 1 amide bonds. The molecular weight excluding hydrogens is 348 g/mol. The lowest BCUT2D eigenvalue weighted by Gasteiger charge is -2.38. The van der Waals surface area contributed by atoms with E-state index in [1.165, 1.54) is 7.11 Å². The second-order valence-corrected chi connectivity index (χ2v) is 6.26. The quantitative estimate of drug-likeness (QED) is 0.789. The molecular formula is C17H23ClN2O5. The van der Waals surface area contributed by atoms with Crippen LogP contribution in [0.1, 0.15) is 19.4 Å². The number of halogens is 1. The maximum Gasteiger partial charge on any atom is 0.341 e. The van der Waals surface area contributed by atoms with Crippen LogP contribution in [0.15, 0.2) is 12.1 Å². The third-order valence-electron chi connectivity index (χ3n) is 4.27. The van der Waals surface area contributed by atoms with Crippen molar-refractivity contribution in [2.75, 3.05) is 33.4 Å². The van der Waals surface area contributed by atoms with Crippen molar-refractivity contribution in [2.24, 2.45) is 0 Å². The van der Waals surface area contributed by atoms with Crippen molar-refractivity contribution in [3.8, 4) is 11.5 Å². The Labute approximate surface area is 152 Å². The number of aliphatic carboxylic acids is 1. The van der Waals surface area contributed by atoms with Crippen molar-refractivity contribution >= 4 is 23.5 Å². The van der Waals surface area contributed by atoms with Gasteiger partial charge >= 0.3 is 5.97 Å². The van der Waals surface area contributed by atoms with E-state index in [0.29, 0.717) is 25.4 Å². The topological polar surface area (TPSA) is 79.3 Å². The van der Waals surface area contributed by atoms with E-state index < -0.39 is 12.6 Å². The van der Waals surface area contributed by atoms with Gasteiger partial charge in [-0.2, -0.15) is 0 Å². The highest BCUT2D eigenvalue weighted by atomic mass is 35.5. The largest absolute Gasteiger partial charge is 0.493 e. The Morgan fingerprint density at radius 2 is 2.12 bits per heavy atom. The van der Waals surface area contributed by atoms with Crippen LogP contribution in [0.2, 0.25) is 5.02 Å². The zero-order valence-electron chi connectivity index (χ0n) is 14.6. The van der Waals surface area contributed by atoms with E-state index in [9.17, 15) is 9.59 Å². The molecule has 8 heteroatoms. The molecule has 1 atom stereocenters. The molecule has 1 N–H and O–H groups in total. The Kier molecular flexibility index (Phi) is 6.50. The Morgan fingerprint density at radius 3 is 2.72 bits per heavy atom. The van der Waals surface area contributed by atoms with Crippen LogP contribution in [-0.2, 0) is 16.1 Å². The number of carboxylic acids is 1. The Balaban J connectivity index is 2.16. The molecule has 1 aliphatic rings. The molecule has 0 unspecified atom stereocenters. The smallest absolute Gasteiger partial charge is 0.341 e. The molecule has 2 rings (SSSR count). The number of methoxy groups -OCH3 is 1. The summed E-state index contributed by atoms with van der Waals surface area (Å²) in [7, 11) is 1.47. The Bertz CT molecular complexity index is 652. The van der Waals surface area contributed by atoms with Gasteiger partial charge in [-0.1, -0.05) is 11.6 Å². The number of carbonyl (C=O) groups excluding carboxylic acids is 1. The molecule has 1 fully saturated rings. The highest BCUT2D eigenvalue weighted by Gasteiger charge is 2.30. The molecule has 1 aromatic carbocycles. The van der Waals surface area contributed by atoms with Gasteiger partial charge in [0.2, 0.25) is 5.91 Å². The van der Waals surface area contributed by atoms with Gasteiger partial charge < -0.3 is 19.5 Å². The molecule has 1 heterocycles. The van der Waals surface area contributed by atoms with Crippen LogP contribution in [-0.4, -0.2) is 66.2 Å². The van der Waals surface area contributed by atoms with Crippen LogP contribution in [0.25, 0.3) is 0 Å². The third kappa shape index (κ3) is 4.55. The summed E-state index contributed by atoms with van der Waals surface area (Å²) in [6.07, 6.45) is 0. The number of likely N-dealkylation sites (N-methyl/N-ethyl adjacent to an activating group) is 1. The number of carboxylic acid groups (broad SMARTS) is 1. The molecule has 1 saturated heterocycles. The van der Waals surface area contributed by atoms with Crippen molar-refractivity contribution in [3.05, 3.63) is 22.7 Å². The predicted molar refractivity (Wildman–Crippen MR) is 93.3 cm³/mol. The van der Waals surface area contributed by atoms with Gasteiger partial charge in [-0.15, -0.1) is 0 Å². The Hall–Kier alpha value is -1.99. The van der Waals surface area contributed by atoms with Gasteiger partial charge in [0.25, 0.3) is 0 Å². The van der Waals surface area contributed by atoms with Crippen molar-refractivity contribution in [2.45, 2.75) is 26.4 Å². The number of hydrogen-bond donors (Lipinski definition) is 1. The van der Waals surface area contributed by atoms with E-state index in [1.807, 2.05) is 18.7 Å². The highest BCUT2D eigenvalue weighted by molar-refractivity contribution is 6.32. The van der Waals surface area contributed by atoms with E-state index in [0.717, 1.165) is 12.1 Å². The first-order valence-electron chi connectivity index (χ1n) is 8.11. The Morgan fingerprint density at radius 1 is 1.40 bits per heavy atom. The SMILES string of the molecule is CCN1CCN(Cc2cc(Cl)c(OCC(=O)O)c(OC)c2)[C@@H](C)C1=O. The second-order valence-electron chi connectivity index (χ2n) is 5.86. The molecule has 0 spiro atoms. The van der Waals surface area contributed by atoms with Crippen LogP contribution in [0.3, 0.4) is 0 Å². The van der Waals surface area contributed by atoms with Crippen molar-refractivity contribution in [1.29, 1.82) is 0 Å². The number of ether oxygens (including phenoxy) is 2. The number of rotatable bonds is 7. The minimum absolute atomic E-state index is 0.119. The van der Waals surface area contributed by atoms with Gasteiger partial charge in [-0.25, -0.2) is 4.79 Å². The van der Waals surface area contributed by atoms with E-state index in [4.69, 9.17) is 26.2 Å². The molecule has 0 saturated carbocycles. The maximum absolute atomic E-state index is 12.3. The average Bonchev–Trinajstić information content (AvgIpc) is 2.57. The van der Waals surface area contributed by atoms with Crippen molar-refractivity contribution < 1.29 is 24.2 Å². The maximum atomic E-state index is 12.3. The normalized spacial score (nSPS) is 18.3. The minimum atomic E-state index is -1.09. The number of carbonyl (C=O) groups is 2. The summed E-state index contributed by atoms with van der Waals surface area (Å²) < 4.78 is 10.5. The first-order valence-corrected chi connectivity index (χ1v) is 8.49. The molecule has 0 radical (unpaired) electrons. The summed E-state index contributed by atoms with van der Waals surface area (Å²) in [5.74, 6) is -0.401. The second kappa shape index (κ2) is 8.40. The number of nitrogens with zero attached hydrogens (tertiary/aromatic N) is 2. The molecule has 25 heavy (non-hydrogen) atoms. The van der Waals surface area contributed by atoms with Gasteiger partial charge in [0, 0.05) is 26.2 Å². The summed E-state index contributed by atoms with van der Waals surface area (Å²) in [5, 5.41) is 9.02. The van der Waals surface area contributed by atoms with Crippen LogP contribution in [0.5, 0.6) is 11.5 Å². The predicted octanol–water partition coefficient (Wildman–Crippen LogP) is 1.86. The first kappa shape index (κ1) is 19.3. The minimum Gasteiger partial charge on any atom is -0.493 e. The fourth-order valence-electron chi connectivity index (χ4n) is 2.88. The molecule has 1 aliphatic heterocycles. The molecule has 138 valence electrons. The zero-order chi connectivity index (χ0) is 18.6. The third-order valence-corrected chi connectivity index (χ3v) is 4.55. The standard InChI is InChI=1S/C17H23ClN2O5/c1-4-19-5-6-20(11(2)17(19)23)9-12-7-13(18)16(14(8-12)24-3)25-10-15(21)22/h7-8,11H,4-6,9-10H2,1-3H3,(H,21,22)/t11-/m0/s1. The van der Waals surface area contributed by atoms with Gasteiger partial charge in [0.1, 0.15) is 0 Å². The lowest BCUT2D eigenvalue weighted by molar-refractivity contribution is -0.141. The van der Waals surface area contributed by atoms with Crippen LogP contribution < -0.4 is 9.47 Å². The lowest BCUT2D eigenvalue weighted by Crippen LogP contribution is -2.55. The fraction of sp³-hybridized carbons (Fsp3) is 0.529. The monoisotopic (exact) mass is 370 g/mol. The van der Waals surface area contributed by atoms with Crippen LogP contribution in [0.4, 0.5) is 0 Å². The van der Waals surface area contributed by atoms with E-state index >= 15 is 0 Å². The molecule has 1 aromatic rings. The average molecular weight is 371 g/mol. The molecule has 0 bridgehead atoms. The molecule has 0 aliphatic carbocycles. The van der Waals surface area contributed by atoms with Crippen molar-refractivity contribution in [1.82, 2.24) is 9.80 Å². The number of piperazine rings is 1. The number of benzene rings is 1. The summed E-state index contributed by atoms with van der Waals surface area (Å²) in [4.78, 5) is 26.9. The summed E-state index contributed by atoms with van der Waals surface area (Å²) in [6.45, 7) is 6.10. The zero-order valence-corrected chi connectivity index (χ0v) is 15.4. The van der Waals surface area contributed by atoms with Gasteiger partial charge in [0.05, 0.1) is 18.2 Å². The number of hydrogen-bond acceptors (Lipinski definition) is 5. The van der Waals surface area contributed by atoms with Crippen molar-refractivity contribution in [3.63, 3.8) is 0 Å². The number of amides is 1. The summed E-state index contributed by atoms with van der Waals surface area (Å²) in [6, 6.07) is 3.26. The van der Waals surface area contributed by atoms with E-state index in [2.05, 4.69) is 4.90 Å². The fourth-order valence-corrected chi connectivity index (χ4v) is 3.16. The summed E-state index contributed by atoms with van der Waals surface area (Å²) >= 11 is 6.23. The lowest BCUT2D eigenvalue weighted by atomic mass is 10.1. The van der Waals surface area contributed by atoms with Gasteiger partial charge in [-0.3, -0.25) is 9.69 Å². The van der Waals surface area contributed by atoms with E-state index in [-0.39, 0.29) is 22.7 Å². The first-order chi connectivity index (χ1) is 11.9. The van der Waals surface area contributed by atoms with E-state index in [1.54, 1.807) is 12.1 Å². The summed E-state index contributed by atoms with van der Waals surface area (Å²) in [5.41, 5.74) is 0.870.